The highest BCUT2D eigenvalue weighted by molar-refractivity contribution is 7.14. The van der Waals surface area contributed by atoms with Crippen molar-refractivity contribution < 1.29 is 19.8 Å². The standard InChI is InChI=1S/C12H16O4S/c1-2-3-4-5-6-8-7-9(11(13)14)10(17-8)12(15)16/h7H,2-6H2,1H3,(H,13,14)(H,15,16). The van der Waals surface area contributed by atoms with Gasteiger partial charge in [-0.2, -0.15) is 0 Å². The van der Waals surface area contributed by atoms with Gasteiger partial charge in [0.05, 0.1) is 5.56 Å². The summed E-state index contributed by atoms with van der Waals surface area (Å²) in [6, 6.07) is 1.49. The number of carboxylic acids is 2. The molecule has 1 heterocycles. The van der Waals surface area contributed by atoms with Crippen LogP contribution in [-0.4, -0.2) is 22.2 Å². The number of carbonyl (C=O) groups is 2. The molecule has 0 fully saturated rings. The van der Waals surface area contributed by atoms with E-state index < -0.39 is 11.9 Å². The first-order valence-corrected chi connectivity index (χ1v) is 6.47. The van der Waals surface area contributed by atoms with E-state index in [2.05, 4.69) is 6.92 Å². The molecule has 0 radical (unpaired) electrons. The molecule has 0 aliphatic rings. The molecule has 17 heavy (non-hydrogen) atoms. The zero-order valence-corrected chi connectivity index (χ0v) is 10.5. The van der Waals surface area contributed by atoms with Crippen LogP contribution < -0.4 is 0 Å². The lowest BCUT2D eigenvalue weighted by molar-refractivity contribution is 0.0656. The molecule has 0 aromatic carbocycles. The van der Waals surface area contributed by atoms with E-state index in [4.69, 9.17) is 10.2 Å². The zero-order valence-electron chi connectivity index (χ0n) is 9.73. The van der Waals surface area contributed by atoms with E-state index in [0.717, 1.165) is 48.3 Å². The number of aryl methyl sites for hydroxylation is 1. The minimum absolute atomic E-state index is 0.0667. The molecule has 0 amide bonds. The van der Waals surface area contributed by atoms with Crippen LogP contribution in [0.5, 0.6) is 0 Å². The molecular weight excluding hydrogens is 240 g/mol. The van der Waals surface area contributed by atoms with Crippen molar-refractivity contribution in [2.75, 3.05) is 0 Å². The van der Waals surface area contributed by atoms with Gasteiger partial charge in [0.25, 0.3) is 0 Å². The van der Waals surface area contributed by atoms with Crippen molar-refractivity contribution >= 4 is 23.3 Å². The molecule has 0 atom stereocenters. The Balaban J connectivity index is 2.71. The van der Waals surface area contributed by atoms with Gasteiger partial charge in [-0.25, -0.2) is 9.59 Å². The van der Waals surface area contributed by atoms with Gasteiger partial charge in [0.1, 0.15) is 4.88 Å². The van der Waals surface area contributed by atoms with Crippen LogP contribution in [0.2, 0.25) is 0 Å². The van der Waals surface area contributed by atoms with Gasteiger partial charge in [-0.15, -0.1) is 11.3 Å². The highest BCUT2D eigenvalue weighted by Gasteiger charge is 2.19. The quantitative estimate of drug-likeness (QED) is 0.734. The van der Waals surface area contributed by atoms with Gasteiger partial charge in [-0.05, 0) is 18.9 Å². The number of unbranched alkanes of at least 4 members (excludes halogenated alkanes) is 3. The van der Waals surface area contributed by atoms with E-state index in [-0.39, 0.29) is 10.4 Å². The van der Waals surface area contributed by atoms with Gasteiger partial charge in [0, 0.05) is 4.88 Å². The molecule has 94 valence electrons. The van der Waals surface area contributed by atoms with Crippen molar-refractivity contribution in [3.63, 3.8) is 0 Å². The molecule has 0 spiro atoms. The third-order valence-electron chi connectivity index (χ3n) is 2.48. The van der Waals surface area contributed by atoms with Crippen LogP contribution in [0.3, 0.4) is 0 Å². The number of rotatable bonds is 7. The SMILES string of the molecule is CCCCCCc1cc(C(=O)O)c(C(=O)O)s1. The second-order valence-electron chi connectivity index (χ2n) is 3.88. The second-order valence-corrected chi connectivity index (χ2v) is 5.01. The molecule has 0 aliphatic carbocycles. The van der Waals surface area contributed by atoms with Crippen LogP contribution in [0.1, 0.15) is 57.5 Å². The molecule has 1 aromatic rings. The van der Waals surface area contributed by atoms with E-state index in [1.54, 1.807) is 0 Å². The smallest absolute Gasteiger partial charge is 0.346 e. The number of hydrogen-bond donors (Lipinski definition) is 2. The lowest BCUT2D eigenvalue weighted by atomic mass is 10.1. The van der Waals surface area contributed by atoms with Crippen LogP contribution in [0.4, 0.5) is 0 Å². The van der Waals surface area contributed by atoms with E-state index in [9.17, 15) is 9.59 Å². The molecule has 1 aromatic heterocycles. The van der Waals surface area contributed by atoms with Crippen molar-refractivity contribution in [1.29, 1.82) is 0 Å². The Labute approximate surface area is 104 Å². The maximum atomic E-state index is 10.9. The average Bonchev–Trinajstić information content (AvgIpc) is 2.69. The summed E-state index contributed by atoms with van der Waals surface area (Å²) in [4.78, 5) is 22.5. The first-order valence-electron chi connectivity index (χ1n) is 5.65. The van der Waals surface area contributed by atoms with Gasteiger partial charge >= 0.3 is 11.9 Å². The van der Waals surface area contributed by atoms with E-state index in [1.165, 1.54) is 6.07 Å². The van der Waals surface area contributed by atoms with E-state index >= 15 is 0 Å². The van der Waals surface area contributed by atoms with Gasteiger partial charge < -0.3 is 10.2 Å². The van der Waals surface area contributed by atoms with Crippen LogP contribution >= 0.6 is 11.3 Å². The molecule has 4 nitrogen and oxygen atoms in total. The third kappa shape index (κ3) is 3.85. The highest BCUT2D eigenvalue weighted by Crippen LogP contribution is 2.24. The van der Waals surface area contributed by atoms with Gasteiger partial charge in [0.15, 0.2) is 0 Å². The van der Waals surface area contributed by atoms with Gasteiger partial charge in [-0.3, -0.25) is 0 Å². The fourth-order valence-electron chi connectivity index (χ4n) is 1.61. The van der Waals surface area contributed by atoms with E-state index in [0.29, 0.717) is 0 Å². The Morgan fingerprint density at radius 1 is 1.18 bits per heavy atom. The van der Waals surface area contributed by atoms with Gasteiger partial charge in [-0.1, -0.05) is 26.2 Å². The molecule has 0 saturated heterocycles. The Bertz CT molecular complexity index is 377. The maximum absolute atomic E-state index is 10.9. The number of aromatic carboxylic acids is 2. The average molecular weight is 256 g/mol. The molecule has 2 N–H and O–H groups in total. The first-order chi connectivity index (χ1) is 8.06. The van der Waals surface area contributed by atoms with Gasteiger partial charge in [0.2, 0.25) is 0 Å². The molecule has 0 bridgehead atoms. The fourth-order valence-corrected chi connectivity index (χ4v) is 2.64. The lowest BCUT2D eigenvalue weighted by Crippen LogP contribution is -2.03. The summed E-state index contributed by atoms with van der Waals surface area (Å²) in [5.74, 6) is -2.33. The monoisotopic (exact) mass is 256 g/mol. The summed E-state index contributed by atoms with van der Waals surface area (Å²) in [6.45, 7) is 2.12. The Kier molecular flexibility index (Phi) is 5.15. The molecule has 1 rings (SSSR count). The summed E-state index contributed by atoms with van der Waals surface area (Å²) in [6.07, 6.45) is 5.14. The minimum atomic E-state index is -1.17. The normalized spacial score (nSPS) is 10.4. The predicted molar refractivity (Wildman–Crippen MR) is 66.1 cm³/mol. The maximum Gasteiger partial charge on any atom is 0.346 e. The van der Waals surface area contributed by atoms with Crippen LogP contribution in [0, 0.1) is 0 Å². The van der Waals surface area contributed by atoms with Crippen molar-refractivity contribution in [3.8, 4) is 0 Å². The molecular formula is C12H16O4S. The summed E-state index contributed by atoms with van der Waals surface area (Å²) in [5, 5.41) is 17.8. The highest BCUT2D eigenvalue weighted by atomic mass is 32.1. The largest absolute Gasteiger partial charge is 0.478 e. The Morgan fingerprint density at radius 3 is 2.35 bits per heavy atom. The predicted octanol–water partition coefficient (Wildman–Crippen LogP) is 3.27. The summed E-state index contributed by atoms with van der Waals surface area (Å²) >= 11 is 1.07. The molecule has 0 saturated carbocycles. The minimum Gasteiger partial charge on any atom is -0.478 e. The fraction of sp³-hybridized carbons (Fsp3) is 0.500. The van der Waals surface area contributed by atoms with Crippen molar-refractivity contribution in [1.82, 2.24) is 0 Å². The number of carboxylic acid groups (broad SMARTS) is 2. The number of thiophene rings is 1. The van der Waals surface area contributed by atoms with Crippen molar-refractivity contribution in [2.24, 2.45) is 0 Å². The Morgan fingerprint density at radius 2 is 1.88 bits per heavy atom. The number of hydrogen-bond acceptors (Lipinski definition) is 3. The third-order valence-corrected chi connectivity index (χ3v) is 3.67. The van der Waals surface area contributed by atoms with E-state index in [1.807, 2.05) is 0 Å². The van der Waals surface area contributed by atoms with Crippen LogP contribution in [0.15, 0.2) is 6.07 Å². The first kappa shape index (κ1) is 13.7. The van der Waals surface area contributed by atoms with Crippen molar-refractivity contribution in [3.05, 3.63) is 21.4 Å². The lowest BCUT2D eigenvalue weighted by Gasteiger charge is -1.96. The van der Waals surface area contributed by atoms with Crippen molar-refractivity contribution in [2.45, 2.75) is 39.0 Å². The summed E-state index contributed by atoms with van der Waals surface area (Å²) in [7, 11) is 0. The van der Waals surface area contributed by atoms with Crippen LogP contribution in [-0.2, 0) is 6.42 Å². The molecule has 0 aliphatic heterocycles. The zero-order chi connectivity index (χ0) is 12.8. The summed E-state index contributed by atoms with van der Waals surface area (Å²) < 4.78 is 0. The second kappa shape index (κ2) is 6.39. The Hall–Kier alpha value is -1.36. The summed E-state index contributed by atoms with van der Waals surface area (Å²) in [5.41, 5.74) is -0.0898. The molecule has 5 heteroatoms. The topological polar surface area (TPSA) is 74.6 Å². The van der Waals surface area contributed by atoms with Crippen LogP contribution in [0.25, 0.3) is 0 Å². The molecule has 0 unspecified atom stereocenters.